The molecule has 0 spiro atoms. The van der Waals surface area contributed by atoms with Crippen LogP contribution in [0.5, 0.6) is 0 Å². The Morgan fingerprint density at radius 3 is 2.60 bits per heavy atom. The molecule has 1 aliphatic carbocycles. The first-order chi connectivity index (χ1) is 11.9. The van der Waals surface area contributed by atoms with Crippen LogP contribution in [0.2, 0.25) is 0 Å². The van der Waals surface area contributed by atoms with Crippen molar-refractivity contribution < 1.29 is 14.3 Å². The third-order valence-electron chi connectivity index (χ3n) is 5.68. The first kappa shape index (κ1) is 18.0. The van der Waals surface area contributed by atoms with Crippen LogP contribution in [0.25, 0.3) is 0 Å². The molecule has 1 amide bonds. The number of hydrogen-bond donors (Lipinski definition) is 1. The summed E-state index contributed by atoms with van der Waals surface area (Å²) in [5.41, 5.74) is 1.01. The fourth-order valence-corrected chi connectivity index (χ4v) is 3.97. The molecule has 6 nitrogen and oxygen atoms in total. The van der Waals surface area contributed by atoms with E-state index in [1.54, 1.807) is 0 Å². The maximum absolute atomic E-state index is 13.3. The summed E-state index contributed by atoms with van der Waals surface area (Å²) in [7, 11) is 1.37. The average molecular weight is 347 g/mol. The second-order valence-electron chi connectivity index (χ2n) is 7.92. The number of amides is 1. The highest BCUT2D eigenvalue weighted by Gasteiger charge is 2.45. The Morgan fingerprint density at radius 2 is 2.08 bits per heavy atom. The fraction of sp³-hybridized carbons (Fsp3) is 0.737. The van der Waals surface area contributed by atoms with Crippen molar-refractivity contribution in [3.63, 3.8) is 0 Å². The van der Waals surface area contributed by atoms with Crippen LogP contribution in [-0.4, -0.2) is 40.4 Å². The molecule has 6 heteroatoms. The first-order valence-electron chi connectivity index (χ1n) is 9.29. The van der Waals surface area contributed by atoms with Crippen LogP contribution < -0.4 is 0 Å². The molecule has 1 saturated carbocycles. The zero-order valence-corrected chi connectivity index (χ0v) is 15.6. The molecule has 1 aliphatic heterocycles. The normalized spacial score (nSPS) is 24.6. The van der Waals surface area contributed by atoms with Crippen molar-refractivity contribution in [1.29, 1.82) is 0 Å². The van der Waals surface area contributed by atoms with Crippen molar-refractivity contribution in [1.82, 2.24) is 14.9 Å². The number of esters is 1. The monoisotopic (exact) mass is 347 g/mol. The van der Waals surface area contributed by atoms with Gasteiger partial charge < -0.3 is 14.6 Å². The number of ether oxygens (including phenoxy) is 1. The molecule has 0 unspecified atom stereocenters. The summed E-state index contributed by atoms with van der Waals surface area (Å²) in [5, 5.41) is 0. The zero-order chi connectivity index (χ0) is 18.1. The lowest BCUT2D eigenvalue weighted by molar-refractivity contribution is -0.148. The number of methoxy groups -OCH3 is 1. The number of carbonyl (C=O) groups excluding carboxylic acids is 2. The molecular formula is C19H29N3O3. The lowest BCUT2D eigenvalue weighted by Crippen LogP contribution is -2.39. The van der Waals surface area contributed by atoms with Gasteiger partial charge in [-0.25, -0.2) is 4.98 Å². The van der Waals surface area contributed by atoms with E-state index in [9.17, 15) is 9.59 Å². The topological polar surface area (TPSA) is 75.3 Å². The Bertz CT molecular complexity index is 636. The summed E-state index contributed by atoms with van der Waals surface area (Å²) >= 11 is 0. The first-order valence-corrected chi connectivity index (χ1v) is 9.29. The molecule has 3 atom stereocenters. The van der Waals surface area contributed by atoms with E-state index in [4.69, 9.17) is 4.74 Å². The molecule has 0 bridgehead atoms. The van der Waals surface area contributed by atoms with Gasteiger partial charge in [0.25, 0.3) is 0 Å². The molecule has 2 heterocycles. The summed E-state index contributed by atoms with van der Waals surface area (Å²) in [5.74, 6) is 1.64. The van der Waals surface area contributed by atoms with Gasteiger partial charge in [0, 0.05) is 18.4 Å². The number of hydrogen-bond acceptors (Lipinski definition) is 4. The second kappa shape index (κ2) is 7.18. The number of nitrogens with one attached hydrogen (secondary N) is 1. The van der Waals surface area contributed by atoms with Crippen molar-refractivity contribution in [3.8, 4) is 0 Å². The smallest absolute Gasteiger partial charge is 0.306 e. The Kier molecular flexibility index (Phi) is 5.16. The van der Waals surface area contributed by atoms with Gasteiger partial charge in [-0.3, -0.25) is 9.59 Å². The minimum absolute atomic E-state index is 0.00861. The second-order valence-corrected chi connectivity index (χ2v) is 7.92. The van der Waals surface area contributed by atoms with E-state index in [0.717, 1.165) is 30.4 Å². The molecule has 0 radical (unpaired) electrons. The maximum atomic E-state index is 13.3. The highest BCUT2D eigenvalue weighted by Crippen LogP contribution is 2.47. The van der Waals surface area contributed by atoms with Crippen LogP contribution in [0.3, 0.4) is 0 Å². The van der Waals surface area contributed by atoms with E-state index < -0.39 is 0 Å². The number of carbonyl (C=O) groups is 2. The molecular weight excluding hydrogens is 318 g/mol. The molecule has 1 saturated heterocycles. The number of aromatic amines is 1. The van der Waals surface area contributed by atoms with Crippen LogP contribution in [0, 0.1) is 30.6 Å². The van der Waals surface area contributed by atoms with E-state index >= 15 is 0 Å². The van der Waals surface area contributed by atoms with Gasteiger partial charge in [-0.2, -0.15) is 0 Å². The van der Waals surface area contributed by atoms with Gasteiger partial charge in [-0.05, 0) is 43.9 Å². The lowest BCUT2D eigenvalue weighted by Gasteiger charge is -2.29. The van der Waals surface area contributed by atoms with Crippen LogP contribution in [0.15, 0.2) is 6.20 Å². The molecule has 1 N–H and O–H groups in total. The lowest BCUT2D eigenvalue weighted by atomic mass is 9.90. The molecule has 1 aromatic heterocycles. The van der Waals surface area contributed by atoms with E-state index in [2.05, 4.69) is 9.97 Å². The number of rotatable bonds is 6. The molecule has 2 fully saturated rings. The summed E-state index contributed by atoms with van der Waals surface area (Å²) in [4.78, 5) is 34.8. The highest BCUT2D eigenvalue weighted by atomic mass is 16.5. The molecule has 1 aromatic rings. The Labute approximate surface area is 149 Å². The van der Waals surface area contributed by atoms with Gasteiger partial charge in [0.2, 0.25) is 5.91 Å². The maximum Gasteiger partial charge on any atom is 0.306 e. The number of aromatic nitrogens is 2. The predicted octanol–water partition coefficient (Wildman–Crippen LogP) is 2.85. The molecule has 0 aromatic carbocycles. The predicted molar refractivity (Wildman–Crippen MR) is 93.6 cm³/mol. The summed E-state index contributed by atoms with van der Waals surface area (Å²) in [6.45, 7) is 6.74. The highest BCUT2D eigenvalue weighted by molar-refractivity contribution is 5.84. The van der Waals surface area contributed by atoms with E-state index in [0.29, 0.717) is 5.92 Å². The van der Waals surface area contributed by atoms with Crippen LogP contribution in [0.1, 0.15) is 57.1 Å². The molecule has 138 valence electrons. The van der Waals surface area contributed by atoms with Crippen LogP contribution in [-0.2, 0) is 14.3 Å². The number of H-pyrrole nitrogens is 1. The van der Waals surface area contributed by atoms with Gasteiger partial charge >= 0.3 is 5.97 Å². The Morgan fingerprint density at radius 1 is 1.36 bits per heavy atom. The largest absolute Gasteiger partial charge is 0.469 e. The third kappa shape index (κ3) is 3.88. The van der Waals surface area contributed by atoms with Crippen LogP contribution >= 0.6 is 0 Å². The summed E-state index contributed by atoms with van der Waals surface area (Å²) in [6.07, 6.45) is 5.46. The van der Waals surface area contributed by atoms with E-state index in [1.807, 2.05) is 31.9 Å². The quantitative estimate of drug-likeness (QED) is 0.803. The fourth-order valence-electron chi connectivity index (χ4n) is 3.97. The molecule has 2 aliphatic rings. The van der Waals surface area contributed by atoms with Gasteiger partial charge in [-0.1, -0.05) is 13.8 Å². The third-order valence-corrected chi connectivity index (χ3v) is 5.68. The van der Waals surface area contributed by atoms with Crippen molar-refractivity contribution in [2.45, 2.75) is 52.5 Å². The van der Waals surface area contributed by atoms with Gasteiger partial charge in [0.1, 0.15) is 5.82 Å². The average Bonchev–Trinajstić information content (AvgIpc) is 3.19. The van der Waals surface area contributed by atoms with E-state index in [-0.39, 0.29) is 36.2 Å². The van der Waals surface area contributed by atoms with Gasteiger partial charge in [-0.15, -0.1) is 0 Å². The van der Waals surface area contributed by atoms with Crippen molar-refractivity contribution in [2.75, 3.05) is 13.7 Å². The SMILES string of the molecule is COC(=O)C[C@H](C(=O)N1C[C@@H](C2CC2)C[C@H]1c1ncc(C)[nH]1)C(C)C. The number of aryl methyl sites for hydroxylation is 1. The van der Waals surface area contributed by atoms with Crippen LogP contribution in [0.4, 0.5) is 0 Å². The Hall–Kier alpha value is -1.85. The Balaban J connectivity index is 1.82. The van der Waals surface area contributed by atoms with Gasteiger partial charge in [0.15, 0.2) is 0 Å². The van der Waals surface area contributed by atoms with E-state index in [1.165, 1.54) is 20.0 Å². The van der Waals surface area contributed by atoms with Crippen molar-refractivity contribution in [3.05, 3.63) is 17.7 Å². The number of nitrogens with zero attached hydrogens (tertiary/aromatic N) is 2. The van der Waals surface area contributed by atoms with Crippen molar-refractivity contribution in [2.24, 2.45) is 23.7 Å². The number of likely N-dealkylation sites (tertiary alicyclic amines) is 1. The van der Waals surface area contributed by atoms with Gasteiger partial charge in [0.05, 0.1) is 25.5 Å². The minimum atomic E-state index is -0.344. The minimum Gasteiger partial charge on any atom is -0.469 e. The summed E-state index contributed by atoms with van der Waals surface area (Å²) in [6, 6.07) is -0.00861. The standard InChI is InChI=1S/C19H29N3O3/c1-11(2)15(8-17(23)25-4)19(24)22-10-14(13-5-6-13)7-16(22)18-20-9-12(3)21-18/h9,11,13-16H,5-8,10H2,1-4H3,(H,20,21)/t14-,15-,16-/m0/s1. The summed E-state index contributed by atoms with van der Waals surface area (Å²) < 4.78 is 4.80. The molecule has 3 rings (SSSR count). The molecule has 25 heavy (non-hydrogen) atoms. The number of imidazole rings is 1. The van der Waals surface area contributed by atoms with Crippen molar-refractivity contribution >= 4 is 11.9 Å². The zero-order valence-electron chi connectivity index (χ0n) is 15.6.